The molecule has 4 rings (SSSR count). The van der Waals surface area contributed by atoms with Gasteiger partial charge in [0, 0.05) is 29.9 Å². The molecule has 2 aromatic rings. The van der Waals surface area contributed by atoms with Crippen molar-refractivity contribution in [2.24, 2.45) is 11.3 Å². The highest BCUT2D eigenvalue weighted by molar-refractivity contribution is 7.78. The molecule has 27 heavy (non-hydrogen) atoms. The molecule has 0 spiro atoms. The number of nitrogens with zero attached hydrogens (tertiary/aromatic N) is 1. The lowest BCUT2D eigenvalue weighted by atomic mass is 9.71. The van der Waals surface area contributed by atoms with E-state index in [1.54, 1.807) is 0 Å². The predicted octanol–water partition coefficient (Wildman–Crippen LogP) is 4.04. The van der Waals surface area contributed by atoms with Crippen LogP contribution in [0.25, 0.3) is 0 Å². The number of carbonyl (C=O) groups excluding carboxylic acids is 1. The molecule has 2 aromatic carbocycles. The van der Waals surface area contributed by atoms with E-state index in [2.05, 4.69) is 6.92 Å². The van der Waals surface area contributed by atoms with Crippen molar-refractivity contribution in [2.45, 2.75) is 38.6 Å². The van der Waals surface area contributed by atoms with Crippen LogP contribution in [0.4, 0.5) is 0 Å². The third kappa shape index (κ3) is 2.97. The molecule has 1 heterocycles. The Kier molecular flexibility index (Phi) is 4.76. The Bertz CT molecular complexity index is 823. The molecule has 1 aliphatic heterocycles. The number of likely N-dealkylation sites (tertiary alicyclic amines) is 1. The second-order valence-corrected chi connectivity index (χ2v) is 11.2. The Morgan fingerprint density at radius 3 is 2.04 bits per heavy atom. The van der Waals surface area contributed by atoms with Gasteiger partial charge >= 0.3 is 0 Å². The number of carbonyl (C=O) groups is 1. The van der Waals surface area contributed by atoms with E-state index < -0.39 is 12.6 Å². The van der Waals surface area contributed by atoms with Gasteiger partial charge in [0.25, 0.3) is 0 Å². The zero-order valence-electron chi connectivity index (χ0n) is 16.2. The van der Waals surface area contributed by atoms with E-state index in [9.17, 15) is 9.36 Å². The molecule has 2 aliphatic rings. The topological polar surface area (TPSA) is 37.4 Å². The molecule has 1 aliphatic carbocycles. The van der Waals surface area contributed by atoms with Crippen LogP contribution in [0.5, 0.6) is 0 Å². The van der Waals surface area contributed by atoms with Crippen molar-refractivity contribution in [3.8, 4) is 0 Å². The van der Waals surface area contributed by atoms with E-state index in [4.69, 9.17) is 0 Å². The molecule has 0 bridgehead atoms. The van der Waals surface area contributed by atoms with Gasteiger partial charge in [0.15, 0.2) is 0 Å². The van der Waals surface area contributed by atoms with Crippen LogP contribution in [0.3, 0.4) is 0 Å². The fourth-order valence-electron chi connectivity index (χ4n) is 5.35. The first-order valence-electron chi connectivity index (χ1n) is 9.94. The summed E-state index contributed by atoms with van der Waals surface area (Å²) in [7, 11) is -0.976. The minimum Gasteiger partial charge on any atom is -0.342 e. The van der Waals surface area contributed by atoms with Gasteiger partial charge in [-0.15, -0.1) is 0 Å². The van der Waals surface area contributed by atoms with Gasteiger partial charge in [-0.1, -0.05) is 73.5 Å². The molecule has 1 amide bonds. The average molecular weight is 381 g/mol. The maximum atomic E-state index is 14.5. The number of hydrogen-bond donors (Lipinski definition) is 0. The molecule has 1 saturated carbocycles. The van der Waals surface area contributed by atoms with E-state index in [0.717, 1.165) is 23.5 Å². The lowest BCUT2D eigenvalue weighted by Crippen LogP contribution is -2.39. The van der Waals surface area contributed by atoms with Crippen molar-refractivity contribution in [3.63, 3.8) is 0 Å². The van der Waals surface area contributed by atoms with Crippen molar-refractivity contribution < 1.29 is 9.36 Å². The SMILES string of the molecule is CN1C(=O)[C@@](C)(CP(=O)(c2ccccc2)c2ccccc2)C2CCCCC21. The highest BCUT2D eigenvalue weighted by Gasteiger charge is 2.57. The molecule has 0 radical (unpaired) electrons. The number of benzene rings is 2. The minimum absolute atomic E-state index is 0.173. The Labute approximate surface area is 162 Å². The number of hydrogen-bond acceptors (Lipinski definition) is 2. The number of rotatable bonds is 4. The second-order valence-electron chi connectivity index (χ2n) is 8.36. The fourth-order valence-corrected chi connectivity index (χ4v) is 8.61. The first-order valence-corrected chi connectivity index (χ1v) is 11.8. The number of fused-ring (bicyclic) bond motifs is 1. The molecule has 2 fully saturated rings. The van der Waals surface area contributed by atoms with Crippen molar-refractivity contribution >= 4 is 23.7 Å². The zero-order valence-corrected chi connectivity index (χ0v) is 17.1. The normalized spacial score (nSPS) is 28.2. The van der Waals surface area contributed by atoms with Crippen molar-refractivity contribution in [2.75, 3.05) is 13.2 Å². The second kappa shape index (κ2) is 6.95. The fraction of sp³-hybridized carbons (Fsp3) is 0.435. The number of amides is 1. The van der Waals surface area contributed by atoms with Gasteiger partial charge in [-0.2, -0.15) is 0 Å². The summed E-state index contributed by atoms with van der Waals surface area (Å²) < 4.78 is 14.5. The quantitative estimate of drug-likeness (QED) is 0.750. The van der Waals surface area contributed by atoms with E-state index in [-0.39, 0.29) is 5.91 Å². The predicted molar refractivity (Wildman–Crippen MR) is 111 cm³/mol. The third-order valence-corrected chi connectivity index (χ3v) is 10.1. The van der Waals surface area contributed by atoms with Crippen LogP contribution < -0.4 is 10.6 Å². The van der Waals surface area contributed by atoms with Gasteiger partial charge in [0.1, 0.15) is 7.14 Å². The highest BCUT2D eigenvalue weighted by atomic mass is 31.2. The summed E-state index contributed by atoms with van der Waals surface area (Å²) in [6.45, 7) is 2.07. The van der Waals surface area contributed by atoms with Crippen molar-refractivity contribution in [1.29, 1.82) is 0 Å². The van der Waals surface area contributed by atoms with E-state index in [1.165, 1.54) is 12.8 Å². The third-order valence-electron chi connectivity index (χ3n) is 6.75. The van der Waals surface area contributed by atoms with Crippen LogP contribution in [-0.4, -0.2) is 30.1 Å². The van der Waals surface area contributed by atoms with Gasteiger partial charge in [-0.05, 0) is 25.7 Å². The molecule has 4 heteroatoms. The van der Waals surface area contributed by atoms with E-state index in [0.29, 0.717) is 18.1 Å². The van der Waals surface area contributed by atoms with Crippen molar-refractivity contribution in [1.82, 2.24) is 4.90 Å². The zero-order chi connectivity index (χ0) is 19.1. The minimum atomic E-state index is -2.91. The van der Waals surface area contributed by atoms with Crippen LogP contribution in [0.2, 0.25) is 0 Å². The average Bonchev–Trinajstić information content (AvgIpc) is 2.91. The molecule has 3 atom stereocenters. The molecule has 3 nitrogen and oxygen atoms in total. The smallest absolute Gasteiger partial charge is 0.229 e. The first kappa shape index (κ1) is 18.5. The van der Waals surface area contributed by atoms with Crippen LogP contribution in [0.1, 0.15) is 32.6 Å². The molecule has 142 valence electrons. The standard InChI is InChI=1S/C23H28NO2P/c1-23(20-15-9-10-16-21(20)24(2)22(23)25)17-27(26,18-11-5-3-6-12-18)19-13-7-4-8-14-19/h3-8,11-14,20-21H,9-10,15-17H2,1-2H3/t20?,21?,23-/m0/s1. The van der Waals surface area contributed by atoms with Crippen LogP contribution in [-0.2, 0) is 9.36 Å². The summed E-state index contributed by atoms with van der Waals surface area (Å²) in [5, 5.41) is 1.71. The lowest BCUT2D eigenvalue weighted by Gasteiger charge is -2.36. The van der Waals surface area contributed by atoms with E-state index >= 15 is 0 Å². The summed E-state index contributed by atoms with van der Waals surface area (Å²) >= 11 is 0. The molecule has 1 saturated heterocycles. The van der Waals surface area contributed by atoms with Crippen molar-refractivity contribution in [3.05, 3.63) is 60.7 Å². The Balaban J connectivity index is 1.81. The Hall–Kier alpha value is -1.86. The maximum absolute atomic E-state index is 14.5. The Morgan fingerprint density at radius 1 is 0.963 bits per heavy atom. The highest BCUT2D eigenvalue weighted by Crippen LogP contribution is 2.56. The van der Waals surface area contributed by atoms with Crippen LogP contribution >= 0.6 is 7.14 Å². The Morgan fingerprint density at radius 2 is 1.48 bits per heavy atom. The monoisotopic (exact) mass is 381 g/mol. The van der Waals surface area contributed by atoms with E-state index in [1.807, 2.05) is 72.6 Å². The van der Waals surface area contributed by atoms with Gasteiger partial charge < -0.3 is 9.46 Å². The molecular weight excluding hydrogens is 353 g/mol. The lowest BCUT2D eigenvalue weighted by molar-refractivity contribution is -0.134. The molecule has 0 aromatic heterocycles. The van der Waals surface area contributed by atoms with Crippen LogP contribution in [0, 0.1) is 11.3 Å². The molecule has 2 unspecified atom stereocenters. The molecular formula is C23H28NO2P. The summed E-state index contributed by atoms with van der Waals surface area (Å²) in [5.41, 5.74) is -0.568. The summed E-state index contributed by atoms with van der Waals surface area (Å²) in [5.74, 6) is 0.469. The van der Waals surface area contributed by atoms with Gasteiger partial charge in [0.2, 0.25) is 5.91 Å². The maximum Gasteiger partial charge on any atom is 0.229 e. The first-order chi connectivity index (χ1) is 13.0. The van der Waals surface area contributed by atoms with Gasteiger partial charge in [-0.3, -0.25) is 4.79 Å². The largest absolute Gasteiger partial charge is 0.342 e. The summed E-state index contributed by atoms with van der Waals surface area (Å²) in [4.78, 5) is 15.3. The molecule has 0 N–H and O–H groups in total. The van der Waals surface area contributed by atoms with Gasteiger partial charge in [-0.25, -0.2) is 0 Å². The summed E-state index contributed by atoms with van der Waals surface area (Å²) in [6, 6.07) is 19.8. The summed E-state index contributed by atoms with van der Waals surface area (Å²) in [6.07, 6.45) is 4.89. The van der Waals surface area contributed by atoms with Crippen LogP contribution in [0.15, 0.2) is 60.7 Å². The van der Waals surface area contributed by atoms with Gasteiger partial charge in [0.05, 0.1) is 5.41 Å².